The molecule has 4 nitrogen and oxygen atoms in total. The summed E-state index contributed by atoms with van der Waals surface area (Å²) in [6.45, 7) is 2.15. The minimum atomic E-state index is -0.395. The van der Waals surface area contributed by atoms with Gasteiger partial charge in [-0.05, 0) is 37.1 Å². The predicted octanol–water partition coefficient (Wildman–Crippen LogP) is 2.73. The molecule has 0 aliphatic rings. The molecule has 98 valence electrons. The van der Waals surface area contributed by atoms with Crippen LogP contribution >= 0.6 is 15.9 Å². The zero-order valence-electron chi connectivity index (χ0n) is 10.4. The molecule has 0 atom stereocenters. The van der Waals surface area contributed by atoms with Crippen LogP contribution in [0.15, 0.2) is 22.7 Å². The molecule has 0 saturated carbocycles. The van der Waals surface area contributed by atoms with E-state index >= 15 is 0 Å². The Balaban J connectivity index is 2.74. The number of carbonyl (C=O) groups is 2. The van der Waals surface area contributed by atoms with Crippen molar-refractivity contribution in [2.24, 2.45) is 0 Å². The summed E-state index contributed by atoms with van der Waals surface area (Å²) in [6, 6.07) is 5.27. The van der Waals surface area contributed by atoms with Crippen molar-refractivity contribution in [3.8, 4) is 0 Å². The SMILES string of the molecule is CCOC(=O)CCc1cc(Br)cc(C(=O)OC)c1. The first-order valence-electron chi connectivity index (χ1n) is 5.60. The average Bonchev–Trinajstić information content (AvgIpc) is 2.35. The fourth-order valence-corrected chi connectivity index (χ4v) is 2.05. The standard InChI is InChI=1S/C13H15BrO4/c1-3-18-12(15)5-4-9-6-10(13(16)17-2)8-11(14)7-9/h6-8H,3-5H2,1-2H3. The minimum Gasteiger partial charge on any atom is -0.466 e. The van der Waals surface area contributed by atoms with E-state index in [2.05, 4.69) is 20.7 Å². The Hall–Kier alpha value is -1.36. The number of carbonyl (C=O) groups excluding carboxylic acids is 2. The Bertz CT molecular complexity index is 443. The third-order valence-electron chi connectivity index (χ3n) is 2.30. The van der Waals surface area contributed by atoms with E-state index in [1.165, 1.54) is 7.11 Å². The number of rotatable bonds is 5. The highest BCUT2D eigenvalue weighted by molar-refractivity contribution is 9.10. The van der Waals surface area contributed by atoms with Crippen molar-refractivity contribution in [3.63, 3.8) is 0 Å². The Labute approximate surface area is 114 Å². The van der Waals surface area contributed by atoms with Gasteiger partial charge in [0.05, 0.1) is 19.3 Å². The fourth-order valence-electron chi connectivity index (χ4n) is 1.51. The van der Waals surface area contributed by atoms with Crippen LogP contribution in [0.4, 0.5) is 0 Å². The summed E-state index contributed by atoms with van der Waals surface area (Å²) in [6.07, 6.45) is 0.827. The fraction of sp³-hybridized carbons (Fsp3) is 0.385. The predicted molar refractivity (Wildman–Crippen MR) is 70.4 cm³/mol. The monoisotopic (exact) mass is 314 g/mol. The highest BCUT2D eigenvalue weighted by Gasteiger charge is 2.09. The Kier molecular flexibility index (Phi) is 5.85. The molecule has 1 rings (SSSR count). The maximum Gasteiger partial charge on any atom is 0.337 e. The summed E-state index contributed by atoms with van der Waals surface area (Å²) < 4.78 is 10.3. The maximum absolute atomic E-state index is 11.4. The lowest BCUT2D eigenvalue weighted by molar-refractivity contribution is -0.143. The quantitative estimate of drug-likeness (QED) is 0.784. The van der Waals surface area contributed by atoms with Gasteiger partial charge < -0.3 is 9.47 Å². The second-order valence-corrected chi connectivity index (χ2v) is 4.56. The van der Waals surface area contributed by atoms with Crippen LogP contribution in [-0.4, -0.2) is 25.7 Å². The largest absolute Gasteiger partial charge is 0.466 e. The molecule has 0 N–H and O–H groups in total. The van der Waals surface area contributed by atoms with Crippen LogP contribution in [-0.2, 0) is 20.7 Å². The number of ether oxygens (including phenoxy) is 2. The number of hydrogen-bond donors (Lipinski definition) is 0. The first-order valence-corrected chi connectivity index (χ1v) is 6.39. The van der Waals surface area contributed by atoms with Crippen LogP contribution in [0.25, 0.3) is 0 Å². The lowest BCUT2D eigenvalue weighted by Crippen LogP contribution is -2.06. The zero-order chi connectivity index (χ0) is 13.5. The van der Waals surface area contributed by atoms with E-state index in [-0.39, 0.29) is 5.97 Å². The van der Waals surface area contributed by atoms with E-state index in [4.69, 9.17) is 4.74 Å². The Morgan fingerprint density at radius 1 is 1.28 bits per heavy atom. The Morgan fingerprint density at radius 2 is 2.00 bits per heavy atom. The van der Waals surface area contributed by atoms with Crippen molar-refractivity contribution in [1.82, 2.24) is 0 Å². The molecule has 0 unspecified atom stereocenters. The second kappa shape index (κ2) is 7.16. The molecule has 0 spiro atoms. The van der Waals surface area contributed by atoms with Crippen molar-refractivity contribution in [3.05, 3.63) is 33.8 Å². The van der Waals surface area contributed by atoms with Crippen LogP contribution in [0, 0.1) is 0 Å². The van der Waals surface area contributed by atoms with Crippen molar-refractivity contribution >= 4 is 27.9 Å². The van der Waals surface area contributed by atoms with Crippen molar-refractivity contribution in [1.29, 1.82) is 0 Å². The van der Waals surface area contributed by atoms with Crippen LogP contribution in [0.2, 0.25) is 0 Å². The van der Waals surface area contributed by atoms with Gasteiger partial charge in [0.1, 0.15) is 0 Å². The molecule has 1 aromatic rings. The first-order chi connectivity index (χ1) is 8.56. The minimum absolute atomic E-state index is 0.239. The molecule has 0 aliphatic heterocycles. The lowest BCUT2D eigenvalue weighted by atomic mass is 10.1. The van der Waals surface area contributed by atoms with Gasteiger partial charge in [0.15, 0.2) is 0 Å². The van der Waals surface area contributed by atoms with E-state index in [0.717, 1.165) is 10.0 Å². The number of halogens is 1. The van der Waals surface area contributed by atoms with Crippen LogP contribution in [0.5, 0.6) is 0 Å². The van der Waals surface area contributed by atoms with Crippen LogP contribution < -0.4 is 0 Å². The van der Waals surface area contributed by atoms with Gasteiger partial charge in [-0.3, -0.25) is 4.79 Å². The summed E-state index contributed by atoms with van der Waals surface area (Å²) in [5.41, 5.74) is 1.35. The van der Waals surface area contributed by atoms with Gasteiger partial charge in [-0.1, -0.05) is 15.9 Å². The number of esters is 2. The molecule has 0 aromatic heterocycles. The molecule has 0 heterocycles. The summed E-state index contributed by atoms with van der Waals surface area (Å²) in [7, 11) is 1.33. The van der Waals surface area contributed by atoms with E-state index in [1.54, 1.807) is 19.1 Å². The molecule has 0 saturated heterocycles. The molecule has 1 aromatic carbocycles. The molecule has 0 amide bonds. The van der Waals surface area contributed by atoms with Gasteiger partial charge in [0.25, 0.3) is 0 Å². The second-order valence-electron chi connectivity index (χ2n) is 3.64. The van der Waals surface area contributed by atoms with Crippen molar-refractivity contribution in [2.45, 2.75) is 19.8 Å². The van der Waals surface area contributed by atoms with Gasteiger partial charge in [-0.15, -0.1) is 0 Å². The van der Waals surface area contributed by atoms with E-state index in [0.29, 0.717) is 25.0 Å². The molecule has 5 heteroatoms. The summed E-state index contributed by atoms with van der Waals surface area (Å²) >= 11 is 3.32. The first kappa shape index (κ1) is 14.7. The molecule has 0 radical (unpaired) electrons. The van der Waals surface area contributed by atoms with Crippen LogP contribution in [0.1, 0.15) is 29.3 Å². The van der Waals surface area contributed by atoms with E-state index < -0.39 is 5.97 Å². The zero-order valence-corrected chi connectivity index (χ0v) is 12.0. The summed E-state index contributed by atoms with van der Waals surface area (Å²) in [5.74, 6) is -0.634. The highest BCUT2D eigenvalue weighted by Crippen LogP contribution is 2.18. The summed E-state index contributed by atoms with van der Waals surface area (Å²) in [4.78, 5) is 22.7. The Morgan fingerprint density at radius 3 is 2.61 bits per heavy atom. The maximum atomic E-state index is 11.4. The van der Waals surface area contributed by atoms with Gasteiger partial charge in [0, 0.05) is 10.9 Å². The van der Waals surface area contributed by atoms with Crippen molar-refractivity contribution < 1.29 is 19.1 Å². The topological polar surface area (TPSA) is 52.6 Å². The van der Waals surface area contributed by atoms with E-state index in [9.17, 15) is 9.59 Å². The van der Waals surface area contributed by atoms with Gasteiger partial charge in [-0.2, -0.15) is 0 Å². The smallest absolute Gasteiger partial charge is 0.337 e. The number of benzene rings is 1. The molecule has 0 aliphatic carbocycles. The third-order valence-corrected chi connectivity index (χ3v) is 2.76. The summed E-state index contributed by atoms with van der Waals surface area (Å²) in [5, 5.41) is 0. The van der Waals surface area contributed by atoms with Gasteiger partial charge in [-0.25, -0.2) is 4.79 Å². The third kappa shape index (κ3) is 4.49. The number of aryl methyl sites for hydroxylation is 1. The normalized spacial score (nSPS) is 9.94. The van der Waals surface area contributed by atoms with Gasteiger partial charge in [0.2, 0.25) is 0 Å². The molecular weight excluding hydrogens is 300 g/mol. The molecule has 0 fully saturated rings. The van der Waals surface area contributed by atoms with Gasteiger partial charge >= 0.3 is 11.9 Å². The average molecular weight is 315 g/mol. The number of hydrogen-bond acceptors (Lipinski definition) is 4. The molecular formula is C13H15BrO4. The molecule has 18 heavy (non-hydrogen) atoms. The van der Waals surface area contributed by atoms with Crippen molar-refractivity contribution in [2.75, 3.05) is 13.7 Å². The highest BCUT2D eigenvalue weighted by atomic mass is 79.9. The van der Waals surface area contributed by atoms with Crippen LogP contribution in [0.3, 0.4) is 0 Å². The van der Waals surface area contributed by atoms with E-state index in [1.807, 2.05) is 6.07 Å². The number of methoxy groups -OCH3 is 1. The molecule has 0 bridgehead atoms. The lowest BCUT2D eigenvalue weighted by Gasteiger charge is -2.06.